The number of benzene rings is 1. The van der Waals surface area contributed by atoms with E-state index in [1.54, 1.807) is 6.26 Å². The summed E-state index contributed by atoms with van der Waals surface area (Å²) in [5.74, 6) is 3.43. The smallest absolute Gasteiger partial charge is 0.194 e. The van der Waals surface area contributed by atoms with Crippen LogP contribution in [0.5, 0.6) is 5.75 Å². The molecule has 0 spiro atoms. The fourth-order valence-electron chi connectivity index (χ4n) is 4.02. The summed E-state index contributed by atoms with van der Waals surface area (Å²) in [4.78, 5) is 7.30. The van der Waals surface area contributed by atoms with Crippen molar-refractivity contribution in [3.05, 3.63) is 60.1 Å². The van der Waals surface area contributed by atoms with Gasteiger partial charge in [0.05, 0.1) is 19.5 Å². The fourth-order valence-corrected chi connectivity index (χ4v) is 4.02. The lowest BCUT2D eigenvalue weighted by Crippen LogP contribution is -2.44. The number of rotatable bonds is 8. The van der Waals surface area contributed by atoms with Crippen LogP contribution < -0.4 is 10.1 Å². The molecular formula is C25H34IN3O3. The average molecular weight is 551 g/mol. The topological polar surface area (TPSA) is 59.2 Å². The molecule has 0 bridgehead atoms. The Kier molecular flexibility index (Phi) is 9.92. The van der Waals surface area contributed by atoms with Crippen molar-refractivity contribution in [2.45, 2.75) is 26.2 Å². The summed E-state index contributed by atoms with van der Waals surface area (Å²) in [5, 5.41) is 3.56. The molecule has 2 aliphatic rings. The highest BCUT2D eigenvalue weighted by Gasteiger charge is 2.19. The Morgan fingerprint density at radius 3 is 2.78 bits per heavy atom. The van der Waals surface area contributed by atoms with Crippen molar-refractivity contribution in [1.29, 1.82) is 0 Å². The van der Waals surface area contributed by atoms with E-state index in [-0.39, 0.29) is 24.0 Å². The minimum atomic E-state index is 0. The largest absolute Gasteiger partial charge is 0.494 e. The van der Waals surface area contributed by atoms with Crippen molar-refractivity contribution in [1.82, 2.24) is 10.2 Å². The number of ether oxygens (including phenoxy) is 2. The van der Waals surface area contributed by atoms with Gasteiger partial charge in [0.25, 0.3) is 0 Å². The van der Waals surface area contributed by atoms with Gasteiger partial charge < -0.3 is 24.1 Å². The first-order valence-electron chi connectivity index (χ1n) is 11.4. The van der Waals surface area contributed by atoms with Crippen LogP contribution in [0.3, 0.4) is 0 Å². The molecule has 1 unspecified atom stereocenters. The first kappa shape index (κ1) is 24.6. The zero-order valence-corrected chi connectivity index (χ0v) is 21.1. The number of halogens is 1. The predicted octanol–water partition coefficient (Wildman–Crippen LogP) is 4.61. The van der Waals surface area contributed by atoms with E-state index in [4.69, 9.17) is 18.9 Å². The number of hydrogen-bond donors (Lipinski definition) is 1. The van der Waals surface area contributed by atoms with Gasteiger partial charge >= 0.3 is 0 Å². The SMILES string of the molecule is CCOc1ccc(C2=CCN(C(=NCC3CCOC3)NCCc3ccco3)CC2)cc1.I. The van der Waals surface area contributed by atoms with Crippen molar-refractivity contribution < 1.29 is 13.9 Å². The van der Waals surface area contributed by atoms with Gasteiger partial charge in [-0.05, 0) is 55.2 Å². The molecule has 1 N–H and O–H groups in total. The third-order valence-corrected chi connectivity index (χ3v) is 5.80. The summed E-state index contributed by atoms with van der Waals surface area (Å²) in [5.41, 5.74) is 2.66. The number of nitrogens with one attached hydrogen (secondary N) is 1. The lowest BCUT2D eigenvalue weighted by molar-refractivity contribution is 0.187. The van der Waals surface area contributed by atoms with E-state index in [1.807, 2.05) is 19.1 Å². The van der Waals surface area contributed by atoms with E-state index in [0.29, 0.717) is 12.5 Å². The standard InChI is InChI=1S/C25H33N3O3.HI/c1-2-30-24-7-5-21(6-8-24)22-10-14-28(15-11-22)25(27-18-20-12-17-29-19-20)26-13-9-23-4-3-16-31-23;/h3-8,10,16,20H,2,9,11-15,17-19H2,1H3,(H,26,27);1H. The fraction of sp³-hybridized carbons (Fsp3) is 0.480. The highest BCUT2D eigenvalue weighted by molar-refractivity contribution is 14.0. The van der Waals surface area contributed by atoms with Crippen molar-refractivity contribution >= 4 is 35.5 Å². The molecule has 0 aliphatic carbocycles. The molecule has 4 rings (SSSR count). The summed E-state index contributed by atoms with van der Waals surface area (Å²) in [6, 6.07) is 12.4. The maximum Gasteiger partial charge on any atom is 0.194 e. The Morgan fingerprint density at radius 1 is 1.25 bits per heavy atom. The monoisotopic (exact) mass is 551 g/mol. The maximum absolute atomic E-state index is 5.56. The van der Waals surface area contributed by atoms with Crippen molar-refractivity contribution in [2.75, 3.05) is 46.0 Å². The zero-order chi connectivity index (χ0) is 21.3. The van der Waals surface area contributed by atoms with Crippen LogP contribution in [-0.2, 0) is 11.2 Å². The van der Waals surface area contributed by atoms with Gasteiger partial charge in [0.2, 0.25) is 0 Å². The minimum Gasteiger partial charge on any atom is -0.494 e. The molecule has 174 valence electrons. The van der Waals surface area contributed by atoms with E-state index in [2.05, 4.69) is 40.6 Å². The van der Waals surface area contributed by atoms with Crippen molar-refractivity contribution in [3.8, 4) is 5.75 Å². The highest BCUT2D eigenvalue weighted by atomic mass is 127. The van der Waals surface area contributed by atoms with Crippen molar-refractivity contribution in [2.24, 2.45) is 10.9 Å². The normalized spacial score (nSPS) is 18.8. The first-order valence-corrected chi connectivity index (χ1v) is 11.4. The van der Waals surface area contributed by atoms with Crippen LogP contribution in [0.1, 0.15) is 31.1 Å². The van der Waals surface area contributed by atoms with Gasteiger partial charge in [0.1, 0.15) is 11.5 Å². The van der Waals surface area contributed by atoms with E-state index in [0.717, 1.165) is 76.1 Å². The second-order valence-corrected chi connectivity index (χ2v) is 8.03. The molecule has 0 saturated carbocycles. The van der Waals surface area contributed by atoms with Gasteiger partial charge in [-0.15, -0.1) is 24.0 Å². The number of aliphatic imine (C=N–C) groups is 1. The third-order valence-electron chi connectivity index (χ3n) is 5.80. The number of guanidine groups is 1. The van der Waals surface area contributed by atoms with E-state index in [9.17, 15) is 0 Å². The average Bonchev–Trinajstić information content (AvgIpc) is 3.52. The number of furan rings is 1. The lowest BCUT2D eigenvalue weighted by Gasteiger charge is -2.30. The minimum absolute atomic E-state index is 0. The third kappa shape index (κ3) is 7.00. The Balaban J connectivity index is 0.00000289. The molecule has 2 aliphatic heterocycles. The molecule has 1 aromatic carbocycles. The molecule has 2 aromatic rings. The molecule has 3 heterocycles. The molecule has 0 radical (unpaired) electrons. The first-order chi connectivity index (χ1) is 15.3. The lowest BCUT2D eigenvalue weighted by atomic mass is 9.99. The van der Waals surface area contributed by atoms with E-state index in [1.165, 1.54) is 11.1 Å². The van der Waals surface area contributed by atoms with E-state index >= 15 is 0 Å². The van der Waals surface area contributed by atoms with Crippen LogP contribution in [-0.4, -0.2) is 56.9 Å². The highest BCUT2D eigenvalue weighted by Crippen LogP contribution is 2.24. The van der Waals surface area contributed by atoms with Gasteiger partial charge in [-0.1, -0.05) is 18.2 Å². The summed E-state index contributed by atoms with van der Waals surface area (Å²) in [7, 11) is 0. The summed E-state index contributed by atoms with van der Waals surface area (Å²) >= 11 is 0. The van der Waals surface area contributed by atoms with Crippen LogP contribution in [0.25, 0.3) is 5.57 Å². The second-order valence-electron chi connectivity index (χ2n) is 8.03. The Morgan fingerprint density at radius 2 is 2.12 bits per heavy atom. The summed E-state index contributed by atoms with van der Waals surface area (Å²) in [6.07, 6.45) is 6.99. The quantitative estimate of drug-likeness (QED) is 0.295. The Labute approximate surface area is 208 Å². The van der Waals surface area contributed by atoms with Gasteiger partial charge in [-0.2, -0.15) is 0 Å². The molecule has 32 heavy (non-hydrogen) atoms. The second kappa shape index (κ2) is 12.9. The Hall–Kier alpha value is -2.00. The van der Waals surface area contributed by atoms with Crippen LogP contribution >= 0.6 is 24.0 Å². The maximum atomic E-state index is 5.56. The molecule has 7 heteroatoms. The Bertz CT molecular complexity index is 859. The number of nitrogens with zero attached hydrogens (tertiary/aromatic N) is 2. The molecule has 1 fully saturated rings. The van der Waals surface area contributed by atoms with Crippen LogP contribution in [0.15, 0.2) is 58.1 Å². The summed E-state index contributed by atoms with van der Waals surface area (Å²) < 4.78 is 16.5. The van der Waals surface area contributed by atoms with Gasteiger partial charge in [0.15, 0.2) is 5.96 Å². The van der Waals surface area contributed by atoms with Crippen molar-refractivity contribution in [3.63, 3.8) is 0 Å². The predicted molar refractivity (Wildman–Crippen MR) is 139 cm³/mol. The zero-order valence-electron chi connectivity index (χ0n) is 18.8. The molecule has 0 amide bonds. The molecule has 6 nitrogen and oxygen atoms in total. The van der Waals surface area contributed by atoms with Gasteiger partial charge in [-0.25, -0.2) is 0 Å². The molecule has 1 aromatic heterocycles. The summed E-state index contributed by atoms with van der Waals surface area (Å²) in [6.45, 7) is 7.81. The van der Waals surface area contributed by atoms with Crippen LogP contribution in [0.2, 0.25) is 0 Å². The van der Waals surface area contributed by atoms with Crippen LogP contribution in [0, 0.1) is 5.92 Å². The molecule has 1 atom stereocenters. The number of hydrogen-bond acceptors (Lipinski definition) is 4. The van der Waals surface area contributed by atoms with Gasteiger partial charge in [0, 0.05) is 45.1 Å². The molecular weight excluding hydrogens is 517 g/mol. The van der Waals surface area contributed by atoms with Gasteiger partial charge in [-0.3, -0.25) is 4.99 Å². The molecule has 1 saturated heterocycles. The van der Waals surface area contributed by atoms with E-state index < -0.39 is 0 Å². The van der Waals surface area contributed by atoms with Crippen LogP contribution in [0.4, 0.5) is 0 Å².